The average molecular weight is 352 g/mol. The Morgan fingerprint density at radius 3 is 2.86 bits per heavy atom. The molecule has 1 N–H and O–H groups in total. The maximum atomic E-state index is 13.7. The smallest absolute Gasteiger partial charge is 0.137 e. The van der Waals surface area contributed by atoms with Gasteiger partial charge in [0.15, 0.2) is 0 Å². The van der Waals surface area contributed by atoms with Gasteiger partial charge in [-0.3, -0.25) is 0 Å². The van der Waals surface area contributed by atoms with Gasteiger partial charge in [-0.05, 0) is 59.9 Å². The van der Waals surface area contributed by atoms with E-state index >= 15 is 0 Å². The molecular formula is C16H19BrFN3. The van der Waals surface area contributed by atoms with E-state index in [0.717, 1.165) is 30.0 Å². The molecule has 21 heavy (non-hydrogen) atoms. The van der Waals surface area contributed by atoms with Gasteiger partial charge in [0, 0.05) is 6.20 Å². The van der Waals surface area contributed by atoms with E-state index in [1.165, 1.54) is 6.07 Å². The monoisotopic (exact) mass is 351 g/mol. The van der Waals surface area contributed by atoms with Gasteiger partial charge in [0.25, 0.3) is 0 Å². The predicted octanol–water partition coefficient (Wildman–Crippen LogP) is 3.97. The summed E-state index contributed by atoms with van der Waals surface area (Å²) in [6.07, 6.45) is 3.47. The molecule has 1 atom stereocenters. The maximum absolute atomic E-state index is 13.7. The van der Waals surface area contributed by atoms with Crippen LogP contribution in [0.5, 0.6) is 0 Å². The van der Waals surface area contributed by atoms with Gasteiger partial charge in [0.2, 0.25) is 0 Å². The second kappa shape index (κ2) is 7.61. The Bertz CT molecular complexity index is 604. The van der Waals surface area contributed by atoms with Gasteiger partial charge in [-0.15, -0.1) is 0 Å². The highest BCUT2D eigenvalue weighted by Crippen LogP contribution is 2.25. The van der Waals surface area contributed by atoms with Crippen LogP contribution >= 0.6 is 15.9 Å². The van der Waals surface area contributed by atoms with Crippen LogP contribution in [-0.2, 0) is 6.42 Å². The number of aromatic nitrogens is 2. The minimum absolute atomic E-state index is 0.0461. The second-order valence-electron chi connectivity index (χ2n) is 4.95. The normalized spacial score (nSPS) is 12.4. The van der Waals surface area contributed by atoms with Gasteiger partial charge < -0.3 is 5.32 Å². The van der Waals surface area contributed by atoms with Crippen molar-refractivity contribution >= 4 is 15.9 Å². The standard InChI is InChI=1S/C16H19BrFN3/c1-3-8-20-15(14-7-9-19-11(2)21-14)10-12-5-4-6-13(18)16(12)17/h4-7,9,15,20H,3,8,10H2,1-2H3. The van der Waals surface area contributed by atoms with Crippen LogP contribution in [0.15, 0.2) is 34.9 Å². The van der Waals surface area contributed by atoms with Crippen molar-refractivity contribution < 1.29 is 4.39 Å². The topological polar surface area (TPSA) is 37.8 Å². The number of benzene rings is 1. The van der Waals surface area contributed by atoms with Gasteiger partial charge in [0.1, 0.15) is 11.6 Å². The molecule has 0 radical (unpaired) electrons. The molecule has 0 spiro atoms. The minimum atomic E-state index is -0.236. The fraction of sp³-hybridized carbons (Fsp3) is 0.375. The Morgan fingerprint density at radius 1 is 1.33 bits per heavy atom. The van der Waals surface area contributed by atoms with E-state index in [1.54, 1.807) is 12.3 Å². The lowest BCUT2D eigenvalue weighted by Gasteiger charge is -2.19. The fourth-order valence-electron chi connectivity index (χ4n) is 2.19. The van der Waals surface area contributed by atoms with Crippen LogP contribution in [0.1, 0.15) is 36.5 Å². The van der Waals surface area contributed by atoms with Crippen molar-refractivity contribution in [3.63, 3.8) is 0 Å². The first-order valence-electron chi connectivity index (χ1n) is 7.07. The molecule has 112 valence electrons. The van der Waals surface area contributed by atoms with E-state index in [9.17, 15) is 4.39 Å². The molecule has 0 fully saturated rings. The Labute approximate surface area is 133 Å². The van der Waals surface area contributed by atoms with E-state index in [0.29, 0.717) is 10.9 Å². The number of rotatable bonds is 6. The molecular weight excluding hydrogens is 333 g/mol. The number of nitrogens with zero attached hydrogens (tertiary/aromatic N) is 2. The second-order valence-corrected chi connectivity index (χ2v) is 5.75. The molecule has 0 saturated carbocycles. The fourth-order valence-corrected chi connectivity index (χ4v) is 2.62. The van der Waals surface area contributed by atoms with E-state index in [-0.39, 0.29) is 11.9 Å². The first kappa shape index (κ1) is 16.0. The quantitative estimate of drug-likeness (QED) is 0.855. The Hall–Kier alpha value is -1.33. The number of hydrogen-bond donors (Lipinski definition) is 1. The summed E-state index contributed by atoms with van der Waals surface area (Å²) in [6, 6.07) is 7.08. The van der Waals surface area contributed by atoms with Crippen LogP contribution in [0.3, 0.4) is 0 Å². The zero-order valence-electron chi connectivity index (χ0n) is 12.2. The minimum Gasteiger partial charge on any atom is -0.308 e. The molecule has 1 aromatic heterocycles. The highest BCUT2D eigenvalue weighted by atomic mass is 79.9. The summed E-state index contributed by atoms with van der Waals surface area (Å²) in [5.41, 5.74) is 1.87. The highest BCUT2D eigenvalue weighted by molar-refractivity contribution is 9.10. The van der Waals surface area contributed by atoms with Crippen molar-refractivity contribution in [3.8, 4) is 0 Å². The maximum Gasteiger partial charge on any atom is 0.137 e. The highest BCUT2D eigenvalue weighted by Gasteiger charge is 2.16. The number of hydrogen-bond acceptors (Lipinski definition) is 3. The molecule has 0 saturated heterocycles. The van der Waals surface area contributed by atoms with Crippen LogP contribution in [-0.4, -0.2) is 16.5 Å². The average Bonchev–Trinajstić information content (AvgIpc) is 2.47. The zero-order valence-corrected chi connectivity index (χ0v) is 13.8. The van der Waals surface area contributed by atoms with E-state index in [2.05, 4.69) is 38.1 Å². The summed E-state index contributed by atoms with van der Waals surface area (Å²) in [5.74, 6) is 0.509. The molecule has 1 aromatic carbocycles. The van der Waals surface area contributed by atoms with Gasteiger partial charge in [-0.25, -0.2) is 14.4 Å². The Morgan fingerprint density at radius 2 is 2.14 bits per heavy atom. The lowest BCUT2D eigenvalue weighted by atomic mass is 10.0. The number of halogens is 2. The summed E-state index contributed by atoms with van der Waals surface area (Å²) in [6.45, 7) is 4.88. The van der Waals surface area contributed by atoms with Crippen LogP contribution in [0.25, 0.3) is 0 Å². The van der Waals surface area contributed by atoms with E-state index < -0.39 is 0 Å². The SMILES string of the molecule is CCCNC(Cc1cccc(F)c1Br)c1ccnc(C)n1. The molecule has 1 heterocycles. The predicted molar refractivity (Wildman–Crippen MR) is 85.6 cm³/mol. The first-order valence-corrected chi connectivity index (χ1v) is 7.87. The summed E-state index contributed by atoms with van der Waals surface area (Å²) >= 11 is 3.33. The van der Waals surface area contributed by atoms with Crippen LogP contribution < -0.4 is 5.32 Å². The van der Waals surface area contributed by atoms with Crippen molar-refractivity contribution in [2.45, 2.75) is 32.7 Å². The van der Waals surface area contributed by atoms with Crippen molar-refractivity contribution in [2.24, 2.45) is 0 Å². The molecule has 5 heteroatoms. The van der Waals surface area contributed by atoms with Gasteiger partial charge >= 0.3 is 0 Å². The molecule has 3 nitrogen and oxygen atoms in total. The summed E-state index contributed by atoms with van der Waals surface area (Å²) < 4.78 is 14.2. The van der Waals surface area contributed by atoms with Crippen molar-refractivity contribution in [3.05, 3.63) is 57.8 Å². The van der Waals surface area contributed by atoms with Gasteiger partial charge in [-0.2, -0.15) is 0 Å². The van der Waals surface area contributed by atoms with E-state index in [4.69, 9.17) is 0 Å². The largest absolute Gasteiger partial charge is 0.308 e. The molecule has 0 bridgehead atoms. The third-order valence-electron chi connectivity index (χ3n) is 3.25. The third-order valence-corrected chi connectivity index (χ3v) is 4.14. The summed E-state index contributed by atoms with van der Waals surface area (Å²) in [7, 11) is 0. The Kier molecular flexibility index (Phi) is 5.82. The van der Waals surface area contributed by atoms with Crippen molar-refractivity contribution in [1.29, 1.82) is 0 Å². The Balaban J connectivity index is 2.26. The summed E-state index contributed by atoms with van der Waals surface area (Å²) in [5, 5.41) is 3.47. The zero-order chi connectivity index (χ0) is 15.2. The summed E-state index contributed by atoms with van der Waals surface area (Å²) in [4.78, 5) is 8.63. The number of nitrogens with one attached hydrogen (secondary N) is 1. The number of aryl methyl sites for hydroxylation is 1. The van der Waals surface area contributed by atoms with E-state index in [1.807, 2.05) is 19.1 Å². The van der Waals surface area contributed by atoms with Crippen LogP contribution in [0.2, 0.25) is 0 Å². The third kappa shape index (κ3) is 4.32. The molecule has 0 aliphatic rings. The lowest BCUT2D eigenvalue weighted by molar-refractivity contribution is 0.512. The molecule has 0 amide bonds. The van der Waals surface area contributed by atoms with Crippen molar-refractivity contribution in [2.75, 3.05) is 6.54 Å². The van der Waals surface area contributed by atoms with Crippen LogP contribution in [0.4, 0.5) is 4.39 Å². The molecule has 2 rings (SSSR count). The lowest BCUT2D eigenvalue weighted by Crippen LogP contribution is -2.25. The molecule has 2 aromatic rings. The molecule has 0 aliphatic heterocycles. The first-order chi connectivity index (χ1) is 10.1. The molecule has 1 unspecified atom stereocenters. The van der Waals surface area contributed by atoms with Crippen LogP contribution in [0, 0.1) is 12.7 Å². The van der Waals surface area contributed by atoms with Gasteiger partial charge in [-0.1, -0.05) is 19.1 Å². The van der Waals surface area contributed by atoms with Gasteiger partial charge in [0.05, 0.1) is 16.2 Å². The van der Waals surface area contributed by atoms with Crippen molar-refractivity contribution in [1.82, 2.24) is 15.3 Å². The molecule has 0 aliphatic carbocycles.